The summed E-state index contributed by atoms with van der Waals surface area (Å²) in [5, 5.41) is 42.3. The van der Waals surface area contributed by atoms with Gasteiger partial charge in [0, 0.05) is 11.8 Å². The summed E-state index contributed by atoms with van der Waals surface area (Å²) in [6, 6.07) is 0. The lowest BCUT2D eigenvalue weighted by Crippen LogP contribution is -2.63. The van der Waals surface area contributed by atoms with E-state index in [1.165, 1.54) is 5.57 Å². The van der Waals surface area contributed by atoms with Crippen molar-refractivity contribution >= 4 is 5.78 Å². The third kappa shape index (κ3) is 2.20. The van der Waals surface area contributed by atoms with Crippen molar-refractivity contribution in [2.24, 2.45) is 28.6 Å². The molecule has 4 aliphatic carbocycles. The molecule has 0 aromatic rings. The third-order valence-electron chi connectivity index (χ3n) is 8.84. The Morgan fingerprint density at radius 3 is 2.65 bits per heavy atom. The molecule has 4 rings (SSSR count). The quantitative estimate of drug-likeness (QED) is 0.596. The van der Waals surface area contributed by atoms with Gasteiger partial charge in [-0.25, -0.2) is 0 Å². The van der Waals surface area contributed by atoms with E-state index in [1.54, 1.807) is 0 Å². The van der Waals surface area contributed by atoms with E-state index >= 15 is 0 Å². The van der Waals surface area contributed by atoms with Gasteiger partial charge in [-0.05, 0) is 67.8 Å². The van der Waals surface area contributed by atoms with E-state index in [9.17, 15) is 25.2 Å². The Kier molecular flexibility index (Phi) is 4.20. The number of aliphatic hydroxyl groups is 4. The molecule has 146 valence electrons. The maximum Gasteiger partial charge on any atom is 0.155 e. The molecule has 5 nitrogen and oxygen atoms in total. The largest absolute Gasteiger partial charge is 0.394 e. The standard InChI is InChI=1S/C21H32O5/c1-19-7-5-13(23)9-12(19)3-4-14-15-6-8-21(26,17(25)11-22)20(15,2)10-16(24)18(14)19/h9,14-18,22,24-26H,3-8,10-11H2,1-2H3/t14-,15-,16-,17-,18+,19-,20-,21+/m0/s1. The maximum absolute atomic E-state index is 11.9. The van der Waals surface area contributed by atoms with Gasteiger partial charge in [-0.3, -0.25) is 4.79 Å². The fourth-order valence-corrected chi connectivity index (χ4v) is 7.42. The van der Waals surface area contributed by atoms with Crippen molar-refractivity contribution in [3.63, 3.8) is 0 Å². The van der Waals surface area contributed by atoms with Crippen LogP contribution in [0.3, 0.4) is 0 Å². The summed E-state index contributed by atoms with van der Waals surface area (Å²) in [4.78, 5) is 11.9. The van der Waals surface area contributed by atoms with Crippen LogP contribution < -0.4 is 0 Å². The molecule has 0 amide bonds. The molecule has 0 aromatic heterocycles. The van der Waals surface area contributed by atoms with E-state index < -0.39 is 29.8 Å². The van der Waals surface area contributed by atoms with Crippen molar-refractivity contribution in [3.05, 3.63) is 11.6 Å². The van der Waals surface area contributed by atoms with Crippen LogP contribution in [-0.4, -0.2) is 50.6 Å². The van der Waals surface area contributed by atoms with E-state index in [-0.39, 0.29) is 29.0 Å². The number of carbonyl (C=O) groups excluding carboxylic acids is 1. The first-order valence-corrected chi connectivity index (χ1v) is 10.1. The van der Waals surface area contributed by atoms with Crippen LogP contribution in [0.4, 0.5) is 0 Å². The first-order valence-electron chi connectivity index (χ1n) is 10.1. The molecule has 0 aliphatic heterocycles. The number of carbonyl (C=O) groups is 1. The Morgan fingerprint density at radius 2 is 1.96 bits per heavy atom. The van der Waals surface area contributed by atoms with Gasteiger partial charge in [0.2, 0.25) is 0 Å². The minimum Gasteiger partial charge on any atom is -0.394 e. The number of hydrogen-bond donors (Lipinski definition) is 4. The van der Waals surface area contributed by atoms with Crippen LogP contribution in [0.5, 0.6) is 0 Å². The van der Waals surface area contributed by atoms with Gasteiger partial charge in [-0.2, -0.15) is 0 Å². The Labute approximate surface area is 155 Å². The first-order chi connectivity index (χ1) is 12.2. The lowest BCUT2D eigenvalue weighted by atomic mass is 9.45. The fourth-order valence-electron chi connectivity index (χ4n) is 7.42. The Bertz CT molecular complexity index is 644. The summed E-state index contributed by atoms with van der Waals surface area (Å²) in [5.74, 6) is 0.798. The molecule has 26 heavy (non-hydrogen) atoms. The minimum atomic E-state index is -1.35. The SMILES string of the molecule is C[C@]12CCC(=O)C=C1CC[C@@H]1[C@@H]2[C@@H](O)C[C@@]2(C)[C@H]1CC[C@@]2(O)[C@@H](O)CO. The molecular weight excluding hydrogens is 332 g/mol. The summed E-state index contributed by atoms with van der Waals surface area (Å²) in [7, 11) is 0. The lowest BCUT2D eigenvalue weighted by molar-refractivity contribution is -0.207. The van der Waals surface area contributed by atoms with Crippen molar-refractivity contribution in [2.45, 2.75) is 76.6 Å². The highest BCUT2D eigenvalue weighted by molar-refractivity contribution is 5.91. The first kappa shape index (κ1) is 18.6. The number of fused-ring (bicyclic) bond motifs is 5. The zero-order chi connectivity index (χ0) is 18.9. The summed E-state index contributed by atoms with van der Waals surface area (Å²) in [6.07, 6.45) is 4.92. The van der Waals surface area contributed by atoms with Gasteiger partial charge >= 0.3 is 0 Å². The zero-order valence-electron chi connectivity index (χ0n) is 15.8. The zero-order valence-corrected chi connectivity index (χ0v) is 15.8. The number of rotatable bonds is 2. The molecule has 8 atom stereocenters. The monoisotopic (exact) mass is 364 g/mol. The Balaban J connectivity index is 1.72. The van der Waals surface area contributed by atoms with E-state index in [4.69, 9.17) is 0 Å². The molecule has 0 heterocycles. The van der Waals surface area contributed by atoms with Gasteiger partial charge in [-0.1, -0.05) is 19.4 Å². The van der Waals surface area contributed by atoms with Crippen LogP contribution in [-0.2, 0) is 4.79 Å². The predicted octanol–water partition coefficient (Wildman–Crippen LogP) is 1.57. The molecule has 0 aromatic carbocycles. The summed E-state index contributed by atoms with van der Waals surface area (Å²) < 4.78 is 0. The second kappa shape index (κ2) is 5.87. The Hall–Kier alpha value is -0.750. The van der Waals surface area contributed by atoms with Crippen molar-refractivity contribution in [1.29, 1.82) is 0 Å². The van der Waals surface area contributed by atoms with Gasteiger partial charge in [0.25, 0.3) is 0 Å². The van der Waals surface area contributed by atoms with E-state index in [0.717, 1.165) is 25.7 Å². The molecule has 0 bridgehead atoms. The van der Waals surface area contributed by atoms with Gasteiger partial charge in [-0.15, -0.1) is 0 Å². The van der Waals surface area contributed by atoms with Gasteiger partial charge < -0.3 is 20.4 Å². The normalized spacial score (nSPS) is 51.9. The van der Waals surface area contributed by atoms with E-state index in [0.29, 0.717) is 19.3 Å². The van der Waals surface area contributed by atoms with Crippen LogP contribution in [0.1, 0.15) is 58.8 Å². The highest BCUT2D eigenvalue weighted by atomic mass is 16.4. The average Bonchev–Trinajstić information content (AvgIpc) is 2.86. The lowest BCUT2D eigenvalue weighted by Gasteiger charge is -2.61. The van der Waals surface area contributed by atoms with Crippen molar-refractivity contribution < 1.29 is 25.2 Å². The molecule has 0 saturated heterocycles. The van der Waals surface area contributed by atoms with Crippen LogP contribution in [0.2, 0.25) is 0 Å². The van der Waals surface area contributed by atoms with Gasteiger partial charge in [0.15, 0.2) is 5.78 Å². The minimum absolute atomic E-state index is 0.0993. The second-order valence-electron chi connectivity index (χ2n) is 9.74. The number of allylic oxidation sites excluding steroid dienone is 1. The van der Waals surface area contributed by atoms with Crippen LogP contribution >= 0.6 is 0 Å². The average molecular weight is 364 g/mol. The number of aliphatic hydroxyl groups excluding tert-OH is 3. The highest BCUT2D eigenvalue weighted by Crippen LogP contribution is 2.67. The van der Waals surface area contributed by atoms with Crippen LogP contribution in [0, 0.1) is 28.6 Å². The van der Waals surface area contributed by atoms with Crippen LogP contribution in [0.25, 0.3) is 0 Å². The highest BCUT2D eigenvalue weighted by Gasteiger charge is 2.67. The molecular formula is C21H32O5. The number of hydrogen-bond acceptors (Lipinski definition) is 5. The number of ketones is 1. The molecule has 0 radical (unpaired) electrons. The molecule has 0 unspecified atom stereocenters. The smallest absolute Gasteiger partial charge is 0.155 e. The van der Waals surface area contributed by atoms with Crippen molar-refractivity contribution in [2.75, 3.05) is 6.61 Å². The second-order valence-corrected chi connectivity index (χ2v) is 9.74. The molecule has 3 fully saturated rings. The predicted molar refractivity (Wildman–Crippen MR) is 96.1 cm³/mol. The van der Waals surface area contributed by atoms with Crippen LogP contribution in [0.15, 0.2) is 11.6 Å². The summed E-state index contributed by atoms with van der Waals surface area (Å²) >= 11 is 0. The topological polar surface area (TPSA) is 98.0 Å². The van der Waals surface area contributed by atoms with E-state index in [1.807, 2.05) is 13.0 Å². The molecule has 4 N–H and O–H groups in total. The fraction of sp³-hybridized carbons (Fsp3) is 0.857. The van der Waals surface area contributed by atoms with Crippen molar-refractivity contribution in [1.82, 2.24) is 0 Å². The Morgan fingerprint density at radius 1 is 1.23 bits per heavy atom. The summed E-state index contributed by atoms with van der Waals surface area (Å²) in [6.45, 7) is 3.73. The van der Waals surface area contributed by atoms with Crippen molar-refractivity contribution in [3.8, 4) is 0 Å². The molecule has 5 heteroatoms. The van der Waals surface area contributed by atoms with E-state index in [2.05, 4.69) is 6.92 Å². The third-order valence-corrected chi connectivity index (χ3v) is 8.84. The summed E-state index contributed by atoms with van der Waals surface area (Å²) in [5.41, 5.74) is -0.898. The molecule has 0 spiro atoms. The molecule has 4 aliphatic rings. The molecule has 3 saturated carbocycles. The maximum atomic E-state index is 11.9. The van der Waals surface area contributed by atoms with Gasteiger partial charge in [0.05, 0.1) is 18.3 Å². The van der Waals surface area contributed by atoms with Gasteiger partial charge in [0.1, 0.15) is 6.10 Å².